The van der Waals surface area contributed by atoms with E-state index in [4.69, 9.17) is 9.97 Å². The van der Waals surface area contributed by atoms with Gasteiger partial charge < -0.3 is 9.47 Å². The standard InChI is InChI=1S/C56H46N4/c1-6-14-49-50-36-48(59(46-15-10-8-11-16-46)47-17-12-9-13-18-47)32-34-55(50)60(53(49)7-2)54-33-31-45(35-40(54)5)41-27-29-43(30-28-41)52-37-51(42-23-19-38(3)20-24-42)57-56(58-52)44-25-21-39(4)22-26-44/h6-37H,1H2,2-5H3/b49-14-,53-7+. The van der Waals surface area contributed by atoms with Crippen LogP contribution in [-0.4, -0.2) is 14.5 Å². The molecule has 0 aliphatic rings. The van der Waals surface area contributed by atoms with Crippen molar-refractivity contribution in [3.63, 3.8) is 0 Å². The van der Waals surface area contributed by atoms with Gasteiger partial charge in [-0.15, -0.1) is 0 Å². The second kappa shape index (κ2) is 16.4. The molecule has 0 saturated heterocycles. The Bertz CT molecular complexity index is 3000. The molecule has 0 saturated carbocycles. The third kappa shape index (κ3) is 7.36. The molecule has 0 fully saturated rings. The average Bonchev–Trinajstić information content (AvgIpc) is 3.59. The number of aryl methyl sites for hydroxylation is 3. The van der Waals surface area contributed by atoms with Crippen LogP contribution in [0.1, 0.15) is 23.6 Å². The molecule has 0 aliphatic heterocycles. The first-order chi connectivity index (χ1) is 29.4. The third-order valence-corrected chi connectivity index (χ3v) is 11.2. The van der Waals surface area contributed by atoms with Gasteiger partial charge in [0.25, 0.3) is 0 Å². The van der Waals surface area contributed by atoms with Crippen LogP contribution in [0, 0.1) is 20.8 Å². The van der Waals surface area contributed by atoms with Gasteiger partial charge in [-0.05, 0) is 105 Å². The Labute approximate surface area is 352 Å². The lowest BCUT2D eigenvalue weighted by Crippen LogP contribution is -2.28. The van der Waals surface area contributed by atoms with Crippen LogP contribution in [0.3, 0.4) is 0 Å². The minimum atomic E-state index is 0.717. The predicted molar refractivity (Wildman–Crippen MR) is 254 cm³/mol. The molecule has 9 rings (SSSR count). The molecule has 60 heavy (non-hydrogen) atoms. The molecule has 290 valence electrons. The number of aromatic nitrogens is 3. The van der Waals surface area contributed by atoms with Crippen LogP contribution in [0.4, 0.5) is 17.1 Å². The first-order valence-electron chi connectivity index (χ1n) is 20.5. The van der Waals surface area contributed by atoms with Crippen LogP contribution < -0.4 is 15.5 Å². The van der Waals surface area contributed by atoms with Crippen molar-refractivity contribution in [2.24, 2.45) is 0 Å². The van der Waals surface area contributed by atoms with E-state index in [-0.39, 0.29) is 0 Å². The Kier molecular flexibility index (Phi) is 10.4. The zero-order valence-corrected chi connectivity index (χ0v) is 34.5. The van der Waals surface area contributed by atoms with Gasteiger partial charge in [-0.2, -0.15) is 0 Å². The summed E-state index contributed by atoms with van der Waals surface area (Å²) in [5.74, 6) is 0.717. The minimum Gasteiger partial charge on any atom is -0.310 e. The van der Waals surface area contributed by atoms with Crippen molar-refractivity contribution in [1.29, 1.82) is 0 Å². The molecule has 0 amide bonds. The fourth-order valence-corrected chi connectivity index (χ4v) is 8.12. The number of hydrogen-bond acceptors (Lipinski definition) is 3. The van der Waals surface area contributed by atoms with Gasteiger partial charge in [0.15, 0.2) is 5.82 Å². The molecule has 9 aromatic rings. The number of rotatable bonds is 9. The van der Waals surface area contributed by atoms with Crippen LogP contribution in [0.15, 0.2) is 189 Å². The van der Waals surface area contributed by atoms with Gasteiger partial charge in [0.2, 0.25) is 0 Å². The third-order valence-electron chi connectivity index (χ3n) is 11.2. The van der Waals surface area contributed by atoms with E-state index in [1.54, 1.807) is 0 Å². The summed E-state index contributed by atoms with van der Waals surface area (Å²) in [6, 6.07) is 62.5. The lowest BCUT2D eigenvalue weighted by atomic mass is 9.99. The first-order valence-corrected chi connectivity index (χ1v) is 20.5. The van der Waals surface area contributed by atoms with Crippen LogP contribution >= 0.6 is 0 Å². The number of hydrogen-bond donors (Lipinski definition) is 0. The first kappa shape index (κ1) is 38.0. The van der Waals surface area contributed by atoms with Gasteiger partial charge >= 0.3 is 0 Å². The minimum absolute atomic E-state index is 0.717. The van der Waals surface area contributed by atoms with E-state index >= 15 is 0 Å². The number of anilines is 3. The molecule has 4 nitrogen and oxygen atoms in total. The Morgan fingerprint density at radius 2 is 1.05 bits per heavy atom. The summed E-state index contributed by atoms with van der Waals surface area (Å²) in [6.45, 7) is 12.6. The van der Waals surface area contributed by atoms with E-state index in [1.807, 2.05) is 6.08 Å². The molecule has 0 N–H and O–H groups in total. The van der Waals surface area contributed by atoms with E-state index in [1.165, 1.54) is 16.7 Å². The molecule has 0 bridgehead atoms. The van der Waals surface area contributed by atoms with Crippen LogP contribution in [-0.2, 0) is 0 Å². The van der Waals surface area contributed by atoms with Crippen molar-refractivity contribution in [3.8, 4) is 50.7 Å². The monoisotopic (exact) mass is 774 g/mol. The number of allylic oxidation sites excluding steroid dienone is 1. The van der Waals surface area contributed by atoms with Gasteiger partial charge in [-0.25, -0.2) is 9.97 Å². The highest BCUT2D eigenvalue weighted by Crippen LogP contribution is 2.36. The average molecular weight is 775 g/mol. The van der Waals surface area contributed by atoms with E-state index in [0.29, 0.717) is 0 Å². The maximum Gasteiger partial charge on any atom is 0.160 e. The summed E-state index contributed by atoms with van der Waals surface area (Å²) in [5.41, 5.74) is 16.4. The van der Waals surface area contributed by atoms with Crippen molar-refractivity contribution < 1.29 is 0 Å². The Morgan fingerprint density at radius 1 is 0.517 bits per heavy atom. The quantitative estimate of drug-likeness (QED) is 0.146. The zero-order chi connectivity index (χ0) is 41.2. The van der Waals surface area contributed by atoms with Crippen molar-refractivity contribution in [3.05, 3.63) is 216 Å². The van der Waals surface area contributed by atoms with Crippen molar-refractivity contribution in [2.45, 2.75) is 27.7 Å². The number of nitrogens with zero attached hydrogens (tertiary/aromatic N) is 4. The second-order valence-corrected chi connectivity index (χ2v) is 15.3. The highest BCUT2D eigenvalue weighted by atomic mass is 15.1. The predicted octanol–water partition coefficient (Wildman–Crippen LogP) is 13.3. The maximum atomic E-state index is 5.08. The highest BCUT2D eigenvalue weighted by Gasteiger charge is 2.17. The molecule has 0 spiro atoms. The smallest absolute Gasteiger partial charge is 0.160 e. The molecule has 2 heterocycles. The van der Waals surface area contributed by atoms with Gasteiger partial charge in [0.05, 0.1) is 16.9 Å². The van der Waals surface area contributed by atoms with Gasteiger partial charge in [0.1, 0.15) is 0 Å². The Hall–Kier alpha value is -7.56. The largest absolute Gasteiger partial charge is 0.310 e. The molecule has 4 heteroatoms. The molecule has 0 atom stereocenters. The van der Waals surface area contributed by atoms with Crippen molar-refractivity contribution in [1.82, 2.24) is 14.5 Å². The summed E-state index contributed by atoms with van der Waals surface area (Å²) in [5, 5.41) is 3.44. The van der Waals surface area contributed by atoms with Gasteiger partial charge in [-0.3, -0.25) is 0 Å². The second-order valence-electron chi connectivity index (χ2n) is 15.3. The van der Waals surface area contributed by atoms with E-state index in [9.17, 15) is 0 Å². The molecular weight excluding hydrogens is 729 g/mol. The van der Waals surface area contributed by atoms with Crippen molar-refractivity contribution >= 4 is 40.1 Å². The SMILES string of the molecule is C=C/C=c1\c(=C/C)n(-c2ccc(-c3ccc(-c4cc(-c5ccc(C)cc5)nc(-c5ccc(C)cc5)n4)cc3)cc2C)c2ccc(N(c3ccccc3)c3ccccc3)cc12. The Balaban J connectivity index is 1.09. The molecule has 7 aromatic carbocycles. The molecule has 0 aliphatic carbocycles. The van der Waals surface area contributed by atoms with E-state index < -0.39 is 0 Å². The fraction of sp³-hybridized carbons (Fsp3) is 0.0714. The highest BCUT2D eigenvalue weighted by molar-refractivity contribution is 5.91. The summed E-state index contributed by atoms with van der Waals surface area (Å²) < 4.78 is 2.39. The maximum absolute atomic E-state index is 5.08. The van der Waals surface area contributed by atoms with Crippen molar-refractivity contribution in [2.75, 3.05) is 4.90 Å². The van der Waals surface area contributed by atoms with Gasteiger partial charge in [0, 0.05) is 55.4 Å². The Morgan fingerprint density at radius 3 is 1.60 bits per heavy atom. The molecule has 0 radical (unpaired) electrons. The number of fused-ring (bicyclic) bond motifs is 1. The van der Waals surface area contributed by atoms with Gasteiger partial charge in [-0.1, -0.05) is 151 Å². The van der Waals surface area contributed by atoms with E-state index in [2.05, 4.69) is 232 Å². The molecule has 2 aromatic heterocycles. The van der Waals surface area contributed by atoms with Crippen LogP contribution in [0.5, 0.6) is 0 Å². The summed E-state index contributed by atoms with van der Waals surface area (Å²) in [4.78, 5) is 12.4. The summed E-state index contributed by atoms with van der Waals surface area (Å²) >= 11 is 0. The lowest BCUT2D eigenvalue weighted by Gasteiger charge is -2.25. The summed E-state index contributed by atoms with van der Waals surface area (Å²) in [7, 11) is 0. The molecular formula is C56H46N4. The number of para-hydroxylation sites is 2. The molecule has 0 unspecified atom stereocenters. The lowest BCUT2D eigenvalue weighted by molar-refractivity contribution is 1.05. The fourth-order valence-electron chi connectivity index (χ4n) is 8.12. The van der Waals surface area contributed by atoms with Crippen LogP contribution in [0.2, 0.25) is 0 Å². The normalized spacial score (nSPS) is 11.9. The van der Waals surface area contributed by atoms with E-state index in [0.717, 1.165) is 89.2 Å². The topological polar surface area (TPSA) is 34.0 Å². The van der Waals surface area contributed by atoms with Crippen LogP contribution in [0.25, 0.3) is 73.8 Å². The summed E-state index contributed by atoms with van der Waals surface area (Å²) in [6.07, 6.45) is 6.22. The zero-order valence-electron chi connectivity index (χ0n) is 34.5. The number of benzene rings is 7.